The van der Waals surface area contributed by atoms with Crippen LogP contribution in [0.3, 0.4) is 0 Å². The molecule has 2 aromatic heterocycles. The van der Waals surface area contributed by atoms with Crippen molar-refractivity contribution < 1.29 is 4.52 Å². The van der Waals surface area contributed by atoms with Crippen molar-refractivity contribution in [2.24, 2.45) is 0 Å². The van der Waals surface area contributed by atoms with Gasteiger partial charge in [0, 0.05) is 51.0 Å². The van der Waals surface area contributed by atoms with E-state index in [2.05, 4.69) is 31.0 Å². The molecule has 1 aliphatic carbocycles. The fourth-order valence-corrected chi connectivity index (χ4v) is 2.93. The van der Waals surface area contributed by atoms with Gasteiger partial charge in [-0.2, -0.15) is 4.98 Å². The standard InChI is InChI=1S/C16H21N5O/c1-3-13(11-17-6-1)12-20-7-2-8-21(10-9-20)16-18-15(22-19-16)14-4-5-14/h1,3,6,11,14H,2,4-5,7-10,12H2. The van der Waals surface area contributed by atoms with Gasteiger partial charge in [-0.15, -0.1) is 0 Å². The summed E-state index contributed by atoms with van der Waals surface area (Å²) >= 11 is 0. The van der Waals surface area contributed by atoms with Crippen molar-refractivity contribution in [2.75, 3.05) is 31.1 Å². The van der Waals surface area contributed by atoms with Crippen LogP contribution in [0.15, 0.2) is 29.0 Å². The zero-order valence-corrected chi connectivity index (χ0v) is 12.7. The summed E-state index contributed by atoms with van der Waals surface area (Å²) in [7, 11) is 0. The van der Waals surface area contributed by atoms with Crippen LogP contribution in [0.4, 0.5) is 5.95 Å². The molecule has 0 radical (unpaired) electrons. The number of hydrogen-bond acceptors (Lipinski definition) is 6. The smallest absolute Gasteiger partial charge is 0.266 e. The van der Waals surface area contributed by atoms with Gasteiger partial charge in [0.2, 0.25) is 5.89 Å². The molecule has 0 N–H and O–H groups in total. The van der Waals surface area contributed by atoms with E-state index in [1.54, 1.807) is 0 Å². The molecule has 2 aliphatic rings. The van der Waals surface area contributed by atoms with Gasteiger partial charge in [-0.1, -0.05) is 6.07 Å². The fraction of sp³-hybridized carbons (Fsp3) is 0.562. The highest BCUT2D eigenvalue weighted by Gasteiger charge is 2.30. The Hall–Kier alpha value is -1.95. The number of pyridine rings is 1. The second-order valence-corrected chi connectivity index (χ2v) is 6.18. The maximum absolute atomic E-state index is 5.38. The third-order valence-electron chi connectivity index (χ3n) is 4.36. The lowest BCUT2D eigenvalue weighted by Gasteiger charge is -2.20. The number of anilines is 1. The highest BCUT2D eigenvalue weighted by molar-refractivity contribution is 5.29. The molecule has 1 saturated carbocycles. The second-order valence-electron chi connectivity index (χ2n) is 6.18. The molecule has 0 bridgehead atoms. The zero-order valence-electron chi connectivity index (χ0n) is 12.7. The summed E-state index contributed by atoms with van der Waals surface area (Å²) in [5, 5.41) is 4.16. The molecule has 2 fully saturated rings. The fourth-order valence-electron chi connectivity index (χ4n) is 2.93. The molecule has 1 saturated heterocycles. The summed E-state index contributed by atoms with van der Waals surface area (Å²) in [6.07, 6.45) is 7.28. The average Bonchev–Trinajstić information content (AvgIpc) is 3.33. The Kier molecular flexibility index (Phi) is 3.76. The second kappa shape index (κ2) is 6.04. The van der Waals surface area contributed by atoms with E-state index in [0.29, 0.717) is 5.92 Å². The van der Waals surface area contributed by atoms with Crippen LogP contribution in [0.2, 0.25) is 0 Å². The Bertz CT molecular complexity index is 610. The molecule has 2 aromatic rings. The molecule has 0 spiro atoms. The van der Waals surface area contributed by atoms with Crippen LogP contribution in [0.25, 0.3) is 0 Å². The summed E-state index contributed by atoms with van der Waals surface area (Å²) in [5.74, 6) is 2.12. The van der Waals surface area contributed by atoms with Crippen LogP contribution in [0.5, 0.6) is 0 Å². The number of rotatable bonds is 4. The van der Waals surface area contributed by atoms with E-state index in [0.717, 1.165) is 51.0 Å². The van der Waals surface area contributed by atoms with Gasteiger partial charge in [0.1, 0.15) is 0 Å². The molecule has 0 atom stereocenters. The first kappa shape index (κ1) is 13.7. The lowest BCUT2D eigenvalue weighted by molar-refractivity contribution is 0.285. The van der Waals surface area contributed by atoms with Crippen LogP contribution in [0, 0.1) is 0 Å². The predicted octanol–water partition coefficient (Wildman–Crippen LogP) is 2.05. The number of hydrogen-bond donors (Lipinski definition) is 0. The SMILES string of the molecule is c1cncc(CN2CCCN(c3noc(C4CC4)n3)CC2)c1. The number of nitrogens with zero attached hydrogens (tertiary/aromatic N) is 5. The summed E-state index contributed by atoms with van der Waals surface area (Å²) in [5.41, 5.74) is 1.27. The van der Waals surface area contributed by atoms with E-state index < -0.39 is 0 Å². The zero-order chi connectivity index (χ0) is 14.8. The maximum Gasteiger partial charge on any atom is 0.266 e. The highest BCUT2D eigenvalue weighted by atomic mass is 16.5. The molecule has 116 valence electrons. The quantitative estimate of drug-likeness (QED) is 0.861. The molecule has 22 heavy (non-hydrogen) atoms. The van der Waals surface area contributed by atoms with Crippen LogP contribution >= 0.6 is 0 Å². The molecular weight excluding hydrogens is 278 g/mol. The molecule has 0 aromatic carbocycles. The van der Waals surface area contributed by atoms with E-state index in [9.17, 15) is 0 Å². The van der Waals surface area contributed by atoms with Gasteiger partial charge in [-0.05, 0) is 36.0 Å². The summed E-state index contributed by atoms with van der Waals surface area (Å²) in [6, 6.07) is 4.13. The summed E-state index contributed by atoms with van der Waals surface area (Å²) in [4.78, 5) is 13.5. The van der Waals surface area contributed by atoms with Crippen molar-refractivity contribution in [3.05, 3.63) is 36.0 Å². The van der Waals surface area contributed by atoms with Gasteiger partial charge in [-0.25, -0.2) is 0 Å². The summed E-state index contributed by atoms with van der Waals surface area (Å²) < 4.78 is 5.38. The van der Waals surface area contributed by atoms with E-state index in [1.807, 2.05) is 18.5 Å². The summed E-state index contributed by atoms with van der Waals surface area (Å²) in [6.45, 7) is 5.01. The van der Waals surface area contributed by atoms with Crippen LogP contribution in [0.1, 0.15) is 36.6 Å². The minimum atomic E-state index is 0.523. The Morgan fingerprint density at radius 3 is 2.95 bits per heavy atom. The Balaban J connectivity index is 1.37. The first-order valence-electron chi connectivity index (χ1n) is 8.08. The molecule has 6 heteroatoms. The van der Waals surface area contributed by atoms with E-state index >= 15 is 0 Å². The minimum Gasteiger partial charge on any atom is -0.337 e. The normalized spacial score (nSPS) is 20.1. The van der Waals surface area contributed by atoms with Crippen molar-refractivity contribution in [3.63, 3.8) is 0 Å². The predicted molar refractivity (Wildman–Crippen MR) is 82.6 cm³/mol. The lowest BCUT2D eigenvalue weighted by atomic mass is 10.2. The number of aromatic nitrogens is 3. The third kappa shape index (κ3) is 3.11. The van der Waals surface area contributed by atoms with E-state index in [-0.39, 0.29) is 0 Å². The van der Waals surface area contributed by atoms with Crippen molar-refractivity contribution in [1.82, 2.24) is 20.0 Å². The molecule has 1 aliphatic heterocycles. The van der Waals surface area contributed by atoms with E-state index in [1.165, 1.54) is 18.4 Å². The average molecular weight is 299 g/mol. The molecule has 6 nitrogen and oxygen atoms in total. The van der Waals surface area contributed by atoms with Gasteiger partial charge in [0.15, 0.2) is 0 Å². The molecular formula is C16H21N5O. The molecule has 4 rings (SSSR count). The first-order valence-corrected chi connectivity index (χ1v) is 8.08. The van der Waals surface area contributed by atoms with Gasteiger partial charge >= 0.3 is 0 Å². The van der Waals surface area contributed by atoms with Gasteiger partial charge in [-0.3, -0.25) is 9.88 Å². The van der Waals surface area contributed by atoms with Crippen molar-refractivity contribution in [1.29, 1.82) is 0 Å². The molecule has 0 amide bonds. The van der Waals surface area contributed by atoms with Gasteiger partial charge in [0.25, 0.3) is 5.95 Å². The topological polar surface area (TPSA) is 58.3 Å². The highest BCUT2D eigenvalue weighted by Crippen LogP contribution is 2.39. The van der Waals surface area contributed by atoms with Crippen LogP contribution in [-0.4, -0.2) is 46.2 Å². The monoisotopic (exact) mass is 299 g/mol. The van der Waals surface area contributed by atoms with Crippen LogP contribution in [-0.2, 0) is 6.54 Å². The largest absolute Gasteiger partial charge is 0.337 e. The lowest BCUT2D eigenvalue weighted by Crippen LogP contribution is -2.31. The molecule has 0 unspecified atom stereocenters. The maximum atomic E-state index is 5.38. The van der Waals surface area contributed by atoms with Crippen molar-refractivity contribution in [3.8, 4) is 0 Å². The molecule has 3 heterocycles. The van der Waals surface area contributed by atoms with Crippen LogP contribution < -0.4 is 4.90 Å². The van der Waals surface area contributed by atoms with Crippen molar-refractivity contribution >= 4 is 5.95 Å². The first-order chi connectivity index (χ1) is 10.9. The Morgan fingerprint density at radius 1 is 1.18 bits per heavy atom. The van der Waals surface area contributed by atoms with Gasteiger partial charge < -0.3 is 9.42 Å². The van der Waals surface area contributed by atoms with Crippen molar-refractivity contribution in [2.45, 2.75) is 31.7 Å². The minimum absolute atomic E-state index is 0.523. The Morgan fingerprint density at radius 2 is 2.14 bits per heavy atom. The van der Waals surface area contributed by atoms with E-state index in [4.69, 9.17) is 4.52 Å². The van der Waals surface area contributed by atoms with Gasteiger partial charge in [0.05, 0.1) is 0 Å². The third-order valence-corrected chi connectivity index (χ3v) is 4.36. The Labute approximate surface area is 130 Å².